The van der Waals surface area contributed by atoms with E-state index in [1.807, 2.05) is 6.07 Å². The lowest BCUT2D eigenvalue weighted by atomic mass is 10.0. The van der Waals surface area contributed by atoms with Crippen molar-refractivity contribution in [1.82, 2.24) is 29.6 Å². The lowest BCUT2D eigenvalue weighted by Crippen LogP contribution is -2.41. The molecule has 0 bridgehead atoms. The minimum atomic E-state index is -0.634. The van der Waals surface area contributed by atoms with Crippen LogP contribution in [0.15, 0.2) is 73.8 Å². The number of benzene rings is 2. The molecule has 1 amide bonds. The van der Waals surface area contributed by atoms with Gasteiger partial charge in [0.1, 0.15) is 29.5 Å². The molecule has 4 heterocycles. The Kier molecular flexibility index (Phi) is 8.59. The number of nitrogens with one attached hydrogen (secondary N) is 2. The monoisotopic (exact) mass is 628 g/mol. The molecule has 1 aliphatic heterocycles. The van der Waals surface area contributed by atoms with Gasteiger partial charge in [0.25, 0.3) is 0 Å². The molecule has 0 atom stereocenters. The number of amides is 1. The molecule has 3 aromatic heterocycles. The van der Waals surface area contributed by atoms with Crippen molar-refractivity contribution < 1.29 is 27.8 Å². The van der Waals surface area contributed by atoms with Gasteiger partial charge in [-0.15, -0.1) is 5.10 Å². The van der Waals surface area contributed by atoms with Crippen LogP contribution in [0.25, 0.3) is 16.6 Å². The summed E-state index contributed by atoms with van der Waals surface area (Å²) in [6, 6.07) is 10.9. The number of piperidine rings is 1. The van der Waals surface area contributed by atoms with Crippen LogP contribution in [0.3, 0.4) is 0 Å². The highest BCUT2D eigenvalue weighted by Gasteiger charge is 2.23. The first-order chi connectivity index (χ1) is 22.3. The summed E-state index contributed by atoms with van der Waals surface area (Å²) < 4.78 is 47.0. The van der Waals surface area contributed by atoms with Crippen LogP contribution in [-0.2, 0) is 4.79 Å². The van der Waals surface area contributed by atoms with Crippen molar-refractivity contribution >= 4 is 34.0 Å². The highest BCUT2D eigenvalue weighted by atomic mass is 19.1. The van der Waals surface area contributed by atoms with E-state index in [0.29, 0.717) is 41.2 Å². The minimum Gasteiger partial charge on any atom is -0.495 e. The average Bonchev–Trinajstić information content (AvgIpc) is 3.54. The summed E-state index contributed by atoms with van der Waals surface area (Å²) in [5, 5.41) is 11.5. The van der Waals surface area contributed by atoms with Crippen molar-refractivity contribution in [1.29, 1.82) is 0 Å². The Balaban J connectivity index is 1.18. The molecule has 12 nitrogen and oxygen atoms in total. The van der Waals surface area contributed by atoms with Gasteiger partial charge in [0, 0.05) is 55.0 Å². The predicted molar refractivity (Wildman–Crippen MR) is 167 cm³/mol. The topological polar surface area (TPSA) is 129 Å². The summed E-state index contributed by atoms with van der Waals surface area (Å²) in [5.74, 6) is -0.0414. The Labute approximate surface area is 262 Å². The number of aromatic nitrogens is 5. The van der Waals surface area contributed by atoms with Crippen LogP contribution < -0.4 is 24.8 Å². The second kappa shape index (κ2) is 13.1. The third kappa shape index (κ3) is 6.36. The van der Waals surface area contributed by atoms with Gasteiger partial charge in [0.2, 0.25) is 17.7 Å². The molecule has 2 aromatic carbocycles. The zero-order chi connectivity index (χ0) is 32.2. The number of anilines is 3. The van der Waals surface area contributed by atoms with E-state index < -0.39 is 11.6 Å². The number of hydrogen-bond donors (Lipinski definition) is 2. The van der Waals surface area contributed by atoms with E-state index in [1.165, 1.54) is 48.6 Å². The summed E-state index contributed by atoms with van der Waals surface area (Å²) in [6.45, 7) is 4.81. The first-order valence-electron chi connectivity index (χ1n) is 14.4. The Bertz CT molecular complexity index is 1910. The number of fused-ring (bicyclic) bond motifs is 1. The van der Waals surface area contributed by atoms with Crippen LogP contribution >= 0.6 is 0 Å². The number of hydrogen-bond acceptors (Lipinski definition) is 10. The molecule has 0 saturated carbocycles. The van der Waals surface area contributed by atoms with Crippen molar-refractivity contribution in [3.8, 4) is 28.9 Å². The number of likely N-dealkylation sites (tertiary alicyclic amines) is 1. The molecular weight excluding hydrogens is 598 g/mol. The molecule has 14 heteroatoms. The van der Waals surface area contributed by atoms with E-state index in [4.69, 9.17) is 14.2 Å². The molecule has 46 heavy (non-hydrogen) atoms. The first kappa shape index (κ1) is 30.2. The number of carbonyl (C=O) groups is 1. The molecule has 236 valence electrons. The number of ether oxygens (including phenoxy) is 3. The maximum atomic E-state index is 15.3. The fourth-order valence-electron chi connectivity index (χ4n) is 5.16. The molecule has 1 fully saturated rings. The van der Waals surface area contributed by atoms with Crippen molar-refractivity contribution in [3.63, 3.8) is 0 Å². The molecule has 1 saturated heterocycles. The van der Waals surface area contributed by atoms with Crippen LogP contribution in [0, 0.1) is 11.6 Å². The molecular formula is C32H30F2N8O4. The second-order valence-electron chi connectivity index (χ2n) is 10.4. The molecule has 2 N–H and O–H groups in total. The Hall–Kier alpha value is -5.79. The molecule has 1 aliphatic rings. The van der Waals surface area contributed by atoms with E-state index in [2.05, 4.69) is 37.3 Å². The SMILES string of the molecule is C=CC(=O)N1CCC(Nc2cc3c(Nc4ccc(Oc5ccn(-c6cnc(OC)c(F)c6)n5)cc4F)ncnc3cc2OC)CC1. The van der Waals surface area contributed by atoms with Crippen LogP contribution in [0.2, 0.25) is 0 Å². The summed E-state index contributed by atoms with van der Waals surface area (Å²) in [6.07, 6.45) is 7.21. The highest BCUT2D eigenvalue weighted by Crippen LogP contribution is 2.35. The van der Waals surface area contributed by atoms with Gasteiger partial charge in [-0.3, -0.25) is 4.79 Å². The molecule has 6 rings (SSSR count). The van der Waals surface area contributed by atoms with Gasteiger partial charge in [-0.1, -0.05) is 6.58 Å². The number of halogens is 2. The lowest BCUT2D eigenvalue weighted by molar-refractivity contribution is -0.126. The zero-order valence-electron chi connectivity index (χ0n) is 25.0. The number of rotatable bonds is 10. The number of pyridine rings is 1. The predicted octanol–water partition coefficient (Wildman–Crippen LogP) is 5.63. The Morgan fingerprint density at radius 1 is 1.00 bits per heavy atom. The van der Waals surface area contributed by atoms with Gasteiger partial charge in [-0.25, -0.2) is 28.4 Å². The summed E-state index contributed by atoms with van der Waals surface area (Å²) >= 11 is 0. The maximum absolute atomic E-state index is 15.3. The van der Waals surface area contributed by atoms with Gasteiger partial charge in [-0.05, 0) is 37.1 Å². The number of nitrogens with zero attached hydrogens (tertiary/aromatic N) is 6. The van der Waals surface area contributed by atoms with E-state index in [0.717, 1.165) is 18.5 Å². The Morgan fingerprint density at radius 3 is 2.54 bits per heavy atom. The van der Waals surface area contributed by atoms with Gasteiger partial charge in [0.15, 0.2) is 5.82 Å². The summed E-state index contributed by atoms with van der Waals surface area (Å²) in [5.41, 5.74) is 1.87. The first-order valence-corrected chi connectivity index (χ1v) is 14.4. The van der Waals surface area contributed by atoms with Crippen molar-refractivity contribution in [2.24, 2.45) is 0 Å². The molecule has 0 radical (unpaired) electrons. The van der Waals surface area contributed by atoms with Crippen LogP contribution in [0.1, 0.15) is 12.8 Å². The Morgan fingerprint density at radius 2 is 1.83 bits per heavy atom. The van der Waals surface area contributed by atoms with Crippen molar-refractivity contribution in [2.45, 2.75) is 18.9 Å². The van der Waals surface area contributed by atoms with Crippen LogP contribution in [0.5, 0.6) is 23.3 Å². The quantitative estimate of drug-likeness (QED) is 0.188. The maximum Gasteiger partial charge on any atom is 0.250 e. The normalized spacial score (nSPS) is 13.3. The highest BCUT2D eigenvalue weighted by molar-refractivity contribution is 5.95. The van der Waals surface area contributed by atoms with E-state index in [1.54, 1.807) is 36.4 Å². The molecule has 5 aromatic rings. The van der Waals surface area contributed by atoms with Crippen molar-refractivity contribution in [3.05, 3.63) is 85.5 Å². The lowest BCUT2D eigenvalue weighted by Gasteiger charge is -2.32. The second-order valence-corrected chi connectivity index (χ2v) is 10.4. The van der Waals surface area contributed by atoms with Crippen LogP contribution in [-0.4, -0.2) is 68.9 Å². The van der Waals surface area contributed by atoms with Gasteiger partial charge < -0.3 is 29.7 Å². The fraction of sp³-hybridized carbons (Fsp3) is 0.219. The van der Waals surface area contributed by atoms with Gasteiger partial charge in [-0.2, -0.15) is 0 Å². The van der Waals surface area contributed by atoms with Gasteiger partial charge >= 0.3 is 0 Å². The average molecular weight is 629 g/mol. The standard InChI is InChI=1S/C32H30F2N8O4/c1-4-30(43)41-10-7-19(8-11-41)38-27-15-22-26(16-28(27)44-2)36-18-37-31(22)39-25-6-5-21(14-23(25)33)46-29-9-12-42(40-29)20-13-24(34)32(45-3)35-17-20/h4-6,9,12-19,38H,1,7-8,10-11H2,2-3H3,(H,36,37,39). The smallest absolute Gasteiger partial charge is 0.250 e. The zero-order valence-corrected chi connectivity index (χ0v) is 25.0. The molecule has 0 spiro atoms. The molecule has 0 unspecified atom stereocenters. The number of methoxy groups -OCH3 is 2. The largest absolute Gasteiger partial charge is 0.495 e. The third-order valence-corrected chi connectivity index (χ3v) is 7.53. The fourth-order valence-corrected chi connectivity index (χ4v) is 5.16. The summed E-state index contributed by atoms with van der Waals surface area (Å²) in [4.78, 5) is 26.4. The van der Waals surface area contributed by atoms with Crippen molar-refractivity contribution in [2.75, 3.05) is 37.9 Å². The molecule has 0 aliphatic carbocycles. The minimum absolute atomic E-state index is 0.0718. The summed E-state index contributed by atoms with van der Waals surface area (Å²) in [7, 11) is 2.91. The van der Waals surface area contributed by atoms with Crippen LogP contribution in [0.4, 0.5) is 26.0 Å². The third-order valence-electron chi connectivity index (χ3n) is 7.53. The van der Waals surface area contributed by atoms with E-state index in [-0.39, 0.29) is 35.1 Å². The van der Waals surface area contributed by atoms with E-state index in [9.17, 15) is 9.18 Å². The van der Waals surface area contributed by atoms with Gasteiger partial charge in [0.05, 0.1) is 43.0 Å². The van der Waals surface area contributed by atoms with E-state index >= 15 is 4.39 Å². The number of carbonyl (C=O) groups excluding carboxylic acids is 1.